The van der Waals surface area contributed by atoms with E-state index in [1.54, 1.807) is 0 Å². The Balaban J connectivity index is 1.61. The number of carbonyl (C=O) groups is 1. The summed E-state index contributed by atoms with van der Waals surface area (Å²) in [4.78, 5) is 14.7. The van der Waals surface area contributed by atoms with Crippen molar-refractivity contribution in [3.8, 4) is 0 Å². The van der Waals surface area contributed by atoms with Crippen molar-refractivity contribution in [2.24, 2.45) is 5.92 Å². The van der Waals surface area contributed by atoms with Gasteiger partial charge in [0, 0.05) is 18.3 Å². The molecule has 0 radical (unpaired) electrons. The average molecular weight is 276 g/mol. The lowest BCUT2D eigenvalue weighted by Gasteiger charge is -2.44. The van der Waals surface area contributed by atoms with Gasteiger partial charge in [0.25, 0.3) is 0 Å². The third-order valence-electron chi connectivity index (χ3n) is 5.04. The molecule has 4 rings (SSSR count). The Kier molecular flexibility index (Phi) is 3.54. The normalized spacial score (nSPS) is 28.6. The van der Waals surface area contributed by atoms with Gasteiger partial charge in [-0.05, 0) is 58.2 Å². The Labute approximate surface area is 120 Å². The number of carbonyl (C=O) groups excluding carboxylic acids is 1. The van der Waals surface area contributed by atoms with Crippen molar-refractivity contribution in [3.63, 3.8) is 0 Å². The Morgan fingerprint density at radius 2 is 2.00 bits per heavy atom. The van der Waals surface area contributed by atoms with Crippen LogP contribution in [0.4, 0.5) is 0 Å². The van der Waals surface area contributed by atoms with E-state index in [9.17, 15) is 4.79 Å². The first-order chi connectivity index (χ1) is 9.54. The maximum atomic E-state index is 12.2. The molecule has 2 bridgehead atoms. The van der Waals surface area contributed by atoms with Crippen molar-refractivity contribution < 1.29 is 4.79 Å². The lowest BCUT2D eigenvalue weighted by molar-refractivity contribution is -0.124. The number of amides is 1. The predicted molar refractivity (Wildman–Crippen MR) is 77.5 cm³/mol. The van der Waals surface area contributed by atoms with Crippen LogP contribution in [0.3, 0.4) is 0 Å². The van der Waals surface area contributed by atoms with Gasteiger partial charge in [-0.25, -0.2) is 0 Å². The second-order valence-electron chi connectivity index (χ2n) is 6.27. The van der Waals surface area contributed by atoms with Gasteiger partial charge in [-0.3, -0.25) is 9.48 Å². The summed E-state index contributed by atoms with van der Waals surface area (Å²) in [6.45, 7) is 9.83. The zero-order valence-electron chi connectivity index (χ0n) is 12.6. The first-order valence-electron chi connectivity index (χ1n) is 7.57. The Bertz CT molecular complexity index is 514. The van der Waals surface area contributed by atoms with Gasteiger partial charge in [-0.1, -0.05) is 0 Å². The molecule has 5 heteroatoms. The van der Waals surface area contributed by atoms with Crippen LogP contribution in [0, 0.1) is 26.7 Å². The molecule has 0 aromatic carbocycles. The minimum absolute atomic E-state index is 0.0920. The van der Waals surface area contributed by atoms with Crippen molar-refractivity contribution in [1.29, 1.82) is 0 Å². The monoisotopic (exact) mass is 276 g/mol. The third-order valence-corrected chi connectivity index (χ3v) is 5.04. The Morgan fingerprint density at radius 3 is 2.50 bits per heavy atom. The summed E-state index contributed by atoms with van der Waals surface area (Å²) >= 11 is 0. The largest absolute Gasteiger partial charge is 0.350 e. The van der Waals surface area contributed by atoms with Crippen LogP contribution in [0.1, 0.15) is 29.8 Å². The summed E-state index contributed by atoms with van der Waals surface area (Å²) in [7, 11) is 0. The lowest BCUT2D eigenvalue weighted by Crippen LogP contribution is -2.57. The molecule has 0 unspecified atom stereocenters. The van der Waals surface area contributed by atoms with Gasteiger partial charge in [-0.15, -0.1) is 0 Å². The smallest absolute Gasteiger partial charge is 0.242 e. The van der Waals surface area contributed by atoms with Crippen LogP contribution in [-0.2, 0) is 11.3 Å². The van der Waals surface area contributed by atoms with Gasteiger partial charge in [0.15, 0.2) is 0 Å². The molecule has 0 aliphatic carbocycles. The predicted octanol–water partition coefficient (Wildman–Crippen LogP) is 1.02. The number of hydrogen-bond acceptors (Lipinski definition) is 3. The lowest BCUT2D eigenvalue weighted by atomic mass is 9.84. The summed E-state index contributed by atoms with van der Waals surface area (Å²) in [6.07, 6.45) is 2.45. The molecule has 1 aromatic rings. The molecule has 3 saturated heterocycles. The molecule has 4 heterocycles. The zero-order chi connectivity index (χ0) is 14.3. The van der Waals surface area contributed by atoms with Crippen LogP contribution in [0.2, 0.25) is 0 Å². The number of nitrogens with zero attached hydrogens (tertiary/aromatic N) is 3. The van der Waals surface area contributed by atoms with E-state index in [0.29, 0.717) is 18.5 Å². The van der Waals surface area contributed by atoms with Crippen LogP contribution in [0.25, 0.3) is 0 Å². The molecule has 1 amide bonds. The molecule has 3 fully saturated rings. The van der Waals surface area contributed by atoms with E-state index < -0.39 is 0 Å². The molecule has 110 valence electrons. The highest BCUT2D eigenvalue weighted by atomic mass is 16.2. The van der Waals surface area contributed by atoms with E-state index in [2.05, 4.69) is 22.2 Å². The quantitative estimate of drug-likeness (QED) is 0.897. The van der Waals surface area contributed by atoms with Crippen molar-refractivity contribution in [2.45, 2.75) is 46.2 Å². The van der Waals surface area contributed by atoms with Gasteiger partial charge in [0.2, 0.25) is 5.91 Å². The molecular formula is C15H24N4O. The van der Waals surface area contributed by atoms with Crippen molar-refractivity contribution in [1.82, 2.24) is 20.0 Å². The highest BCUT2D eigenvalue weighted by Crippen LogP contribution is 2.27. The second-order valence-corrected chi connectivity index (χ2v) is 6.27. The number of piperidine rings is 3. The summed E-state index contributed by atoms with van der Waals surface area (Å²) in [5.41, 5.74) is 3.28. The van der Waals surface area contributed by atoms with E-state index in [1.807, 2.05) is 18.5 Å². The van der Waals surface area contributed by atoms with E-state index >= 15 is 0 Å². The summed E-state index contributed by atoms with van der Waals surface area (Å²) < 4.78 is 1.82. The highest BCUT2D eigenvalue weighted by Gasteiger charge is 2.34. The minimum atomic E-state index is 0.0920. The maximum Gasteiger partial charge on any atom is 0.242 e. The van der Waals surface area contributed by atoms with Crippen LogP contribution >= 0.6 is 0 Å². The molecule has 0 saturated carbocycles. The second kappa shape index (κ2) is 5.20. The Morgan fingerprint density at radius 1 is 1.30 bits per heavy atom. The number of fused-ring (bicyclic) bond motifs is 3. The fourth-order valence-corrected chi connectivity index (χ4v) is 3.46. The van der Waals surface area contributed by atoms with Gasteiger partial charge in [-0.2, -0.15) is 5.10 Å². The van der Waals surface area contributed by atoms with Gasteiger partial charge < -0.3 is 10.2 Å². The standard InChI is InChI=1S/C15H24N4O/c1-10-11(2)17-19(12(10)3)9-15(20)16-14-8-18-6-4-13(14)5-7-18/h13-14H,4-9H2,1-3H3,(H,16,20)/t14-/m0/s1. The molecule has 20 heavy (non-hydrogen) atoms. The van der Waals surface area contributed by atoms with E-state index in [4.69, 9.17) is 0 Å². The van der Waals surface area contributed by atoms with Crippen molar-refractivity contribution >= 4 is 5.91 Å². The van der Waals surface area contributed by atoms with Crippen LogP contribution in [-0.4, -0.2) is 46.3 Å². The number of rotatable bonds is 3. The average Bonchev–Trinajstić information content (AvgIpc) is 2.67. The van der Waals surface area contributed by atoms with Gasteiger partial charge in [0.05, 0.1) is 5.69 Å². The fourth-order valence-electron chi connectivity index (χ4n) is 3.46. The molecule has 0 spiro atoms. The first kappa shape index (κ1) is 13.6. The van der Waals surface area contributed by atoms with Crippen LogP contribution < -0.4 is 5.32 Å². The summed E-state index contributed by atoms with van der Waals surface area (Å²) in [6, 6.07) is 0.336. The minimum Gasteiger partial charge on any atom is -0.350 e. The van der Waals surface area contributed by atoms with Gasteiger partial charge in [0.1, 0.15) is 6.54 Å². The number of aryl methyl sites for hydroxylation is 1. The molecule has 1 N–H and O–H groups in total. The molecule has 3 aliphatic rings. The third kappa shape index (κ3) is 2.46. The summed E-state index contributed by atoms with van der Waals surface area (Å²) in [5, 5.41) is 7.65. The summed E-state index contributed by atoms with van der Waals surface area (Å²) in [5.74, 6) is 0.764. The number of hydrogen-bond donors (Lipinski definition) is 1. The molecule has 1 aromatic heterocycles. The van der Waals surface area contributed by atoms with Crippen molar-refractivity contribution in [3.05, 3.63) is 17.0 Å². The highest BCUT2D eigenvalue weighted by molar-refractivity contribution is 5.76. The van der Waals surface area contributed by atoms with E-state index in [0.717, 1.165) is 17.9 Å². The van der Waals surface area contributed by atoms with E-state index in [1.165, 1.54) is 31.5 Å². The topological polar surface area (TPSA) is 50.2 Å². The molecule has 3 aliphatic heterocycles. The maximum absolute atomic E-state index is 12.2. The molecular weight excluding hydrogens is 252 g/mol. The van der Waals surface area contributed by atoms with Crippen molar-refractivity contribution in [2.75, 3.05) is 19.6 Å². The van der Waals surface area contributed by atoms with Crippen LogP contribution in [0.15, 0.2) is 0 Å². The molecule has 1 atom stereocenters. The van der Waals surface area contributed by atoms with Crippen LogP contribution in [0.5, 0.6) is 0 Å². The number of aromatic nitrogens is 2. The SMILES string of the molecule is Cc1nn(CC(=O)N[C@H]2CN3CCC2CC3)c(C)c1C. The molecule has 5 nitrogen and oxygen atoms in total. The van der Waals surface area contributed by atoms with Gasteiger partial charge >= 0.3 is 0 Å². The fraction of sp³-hybridized carbons (Fsp3) is 0.733. The van der Waals surface area contributed by atoms with E-state index in [-0.39, 0.29) is 5.91 Å². The zero-order valence-corrected chi connectivity index (χ0v) is 12.6. The number of nitrogens with one attached hydrogen (secondary N) is 1. The first-order valence-corrected chi connectivity index (χ1v) is 7.57. The Hall–Kier alpha value is -1.36.